The Morgan fingerprint density at radius 3 is 1.82 bits per heavy atom. The van der Waals surface area contributed by atoms with Gasteiger partial charge in [0.05, 0.1) is 25.9 Å². The summed E-state index contributed by atoms with van der Waals surface area (Å²) >= 11 is 0. The van der Waals surface area contributed by atoms with Gasteiger partial charge in [-0.15, -0.1) is 0 Å². The Balaban J connectivity index is 3.69. The third kappa shape index (κ3) is 7.15. The van der Waals surface area contributed by atoms with E-state index in [0.29, 0.717) is 38.2 Å². The lowest BCUT2D eigenvalue weighted by atomic mass is 9.85. The molecule has 1 aliphatic rings. The highest BCUT2D eigenvalue weighted by molar-refractivity contribution is 6.74. The molecule has 8 heteroatoms. The lowest BCUT2D eigenvalue weighted by Crippen LogP contribution is -2.62. The summed E-state index contributed by atoms with van der Waals surface area (Å²) in [6, 6.07) is 0. The molecule has 0 N–H and O–H groups in total. The first-order valence-corrected chi connectivity index (χ1v) is 18.4. The van der Waals surface area contributed by atoms with E-state index in [9.17, 15) is 0 Å². The van der Waals surface area contributed by atoms with Crippen LogP contribution in [0.25, 0.3) is 0 Å². The molecule has 2 atom stereocenters. The summed E-state index contributed by atoms with van der Waals surface area (Å²) in [6.07, 6.45) is -0.246. The normalized spacial score (nSPS) is 21.5. The topological polar surface area (TPSA) is 61.6 Å². The summed E-state index contributed by atoms with van der Waals surface area (Å²) in [5.41, 5.74) is -0.877. The van der Waals surface area contributed by atoms with E-state index in [1.165, 1.54) is 0 Å². The van der Waals surface area contributed by atoms with Gasteiger partial charge in [0.15, 0.2) is 22.2 Å². The maximum Gasteiger partial charge on any atom is 0.217 e. The van der Waals surface area contributed by atoms with Crippen molar-refractivity contribution in [1.29, 1.82) is 0 Å². The molecule has 0 unspecified atom stereocenters. The SMILES string of the molecule is CCOC1=N[C@](CO[Si](C)(C)C(C)(C)C)([C@H](O[Si](C)(C)C(C)(C)C)C(C)C)C(OCC)=NC1. The molecule has 0 aliphatic carbocycles. The molecule has 1 rings (SSSR count). The van der Waals surface area contributed by atoms with Gasteiger partial charge in [-0.2, -0.15) is 0 Å². The van der Waals surface area contributed by atoms with Crippen LogP contribution in [-0.4, -0.2) is 66.4 Å². The van der Waals surface area contributed by atoms with Gasteiger partial charge < -0.3 is 18.3 Å². The van der Waals surface area contributed by atoms with Crippen LogP contribution in [0, 0.1) is 5.92 Å². The molecule has 0 aromatic carbocycles. The molecule has 0 saturated heterocycles. The van der Waals surface area contributed by atoms with Gasteiger partial charge in [0.25, 0.3) is 0 Å². The zero-order valence-electron chi connectivity index (χ0n) is 24.0. The minimum absolute atomic E-state index is 0.0612. The van der Waals surface area contributed by atoms with E-state index in [4.69, 9.17) is 28.3 Å². The fourth-order valence-corrected chi connectivity index (χ4v) is 5.75. The molecule has 0 aromatic rings. The van der Waals surface area contributed by atoms with E-state index in [1.54, 1.807) is 0 Å². The third-order valence-corrected chi connectivity index (χ3v) is 16.3. The molecule has 1 aliphatic heterocycles. The van der Waals surface area contributed by atoms with Gasteiger partial charge in [-0.3, -0.25) is 0 Å². The van der Waals surface area contributed by atoms with Crippen LogP contribution in [0.2, 0.25) is 36.3 Å². The molecule has 33 heavy (non-hydrogen) atoms. The highest BCUT2D eigenvalue weighted by Gasteiger charge is 2.54. The molecule has 0 amide bonds. The molecule has 0 radical (unpaired) electrons. The minimum Gasteiger partial charge on any atom is -0.480 e. The average molecular weight is 501 g/mol. The van der Waals surface area contributed by atoms with Crippen LogP contribution >= 0.6 is 0 Å². The van der Waals surface area contributed by atoms with E-state index in [0.717, 1.165) is 0 Å². The van der Waals surface area contributed by atoms with Gasteiger partial charge in [0.2, 0.25) is 11.8 Å². The van der Waals surface area contributed by atoms with Crippen molar-refractivity contribution >= 4 is 28.4 Å². The van der Waals surface area contributed by atoms with Gasteiger partial charge in [-0.1, -0.05) is 55.4 Å². The molecule has 0 aromatic heterocycles. The zero-order valence-corrected chi connectivity index (χ0v) is 26.0. The number of nitrogens with zero attached hydrogens (tertiary/aromatic N) is 2. The van der Waals surface area contributed by atoms with Crippen molar-refractivity contribution in [3.05, 3.63) is 0 Å². The number of aliphatic imine (C=N–C) groups is 2. The summed E-state index contributed by atoms with van der Waals surface area (Å²) in [4.78, 5) is 10.0. The molecule has 0 spiro atoms. The Hall–Kier alpha value is -0.706. The van der Waals surface area contributed by atoms with Gasteiger partial charge in [0, 0.05) is 0 Å². The number of hydrogen-bond acceptors (Lipinski definition) is 6. The van der Waals surface area contributed by atoms with Crippen molar-refractivity contribution in [2.45, 2.75) is 117 Å². The van der Waals surface area contributed by atoms with Crippen LogP contribution < -0.4 is 0 Å². The Labute approximate surface area is 206 Å². The Morgan fingerprint density at radius 2 is 1.39 bits per heavy atom. The van der Waals surface area contributed by atoms with E-state index < -0.39 is 22.2 Å². The molecule has 0 saturated carbocycles. The summed E-state index contributed by atoms with van der Waals surface area (Å²) in [5.74, 6) is 1.42. The van der Waals surface area contributed by atoms with Crippen molar-refractivity contribution in [3.63, 3.8) is 0 Å². The van der Waals surface area contributed by atoms with Crippen molar-refractivity contribution < 1.29 is 18.3 Å². The van der Waals surface area contributed by atoms with Crippen molar-refractivity contribution in [2.75, 3.05) is 26.4 Å². The number of ether oxygens (including phenoxy) is 2. The first kappa shape index (κ1) is 30.3. The van der Waals surface area contributed by atoms with E-state index in [2.05, 4.69) is 81.6 Å². The van der Waals surface area contributed by atoms with E-state index in [-0.39, 0.29) is 22.1 Å². The minimum atomic E-state index is -2.13. The molecule has 0 fully saturated rings. The zero-order chi connectivity index (χ0) is 25.9. The van der Waals surface area contributed by atoms with Crippen LogP contribution in [0.15, 0.2) is 9.98 Å². The number of rotatable bonds is 9. The number of hydrogen-bond donors (Lipinski definition) is 0. The second kappa shape index (κ2) is 10.9. The fourth-order valence-electron chi connectivity index (χ4n) is 3.28. The molecular formula is C25H52N2O4Si2. The van der Waals surface area contributed by atoms with Crippen LogP contribution in [0.5, 0.6) is 0 Å². The highest BCUT2D eigenvalue weighted by atomic mass is 28.4. The summed E-state index contributed by atoms with van der Waals surface area (Å²) in [7, 11) is -4.20. The third-order valence-electron chi connectivity index (χ3n) is 7.41. The fraction of sp³-hybridized carbons (Fsp3) is 0.920. The lowest BCUT2D eigenvalue weighted by molar-refractivity contribution is 0.0433. The van der Waals surface area contributed by atoms with E-state index in [1.807, 2.05) is 13.8 Å². The van der Waals surface area contributed by atoms with Crippen molar-refractivity contribution in [1.82, 2.24) is 0 Å². The van der Waals surface area contributed by atoms with Crippen LogP contribution in [0.1, 0.15) is 69.2 Å². The van der Waals surface area contributed by atoms with Gasteiger partial charge in [0.1, 0.15) is 6.54 Å². The Kier molecular flexibility index (Phi) is 10.0. The monoisotopic (exact) mass is 500 g/mol. The van der Waals surface area contributed by atoms with Crippen molar-refractivity contribution in [3.8, 4) is 0 Å². The summed E-state index contributed by atoms with van der Waals surface area (Å²) in [6.45, 7) is 32.9. The average Bonchev–Trinajstić information content (AvgIpc) is 2.64. The summed E-state index contributed by atoms with van der Waals surface area (Å²) in [5, 5.41) is 0.136. The molecular weight excluding hydrogens is 448 g/mol. The predicted molar refractivity (Wildman–Crippen MR) is 146 cm³/mol. The van der Waals surface area contributed by atoms with Crippen LogP contribution in [-0.2, 0) is 18.3 Å². The lowest BCUT2D eigenvalue weighted by Gasteiger charge is -2.48. The smallest absolute Gasteiger partial charge is 0.217 e. The molecule has 194 valence electrons. The largest absolute Gasteiger partial charge is 0.480 e. The molecule has 6 nitrogen and oxygen atoms in total. The highest BCUT2D eigenvalue weighted by Crippen LogP contribution is 2.43. The Bertz CT molecular complexity index is 706. The quantitative estimate of drug-likeness (QED) is 0.331. The predicted octanol–water partition coefficient (Wildman–Crippen LogP) is 6.68. The van der Waals surface area contributed by atoms with Crippen LogP contribution in [0.3, 0.4) is 0 Å². The Morgan fingerprint density at radius 1 is 0.879 bits per heavy atom. The second-order valence-electron chi connectivity index (χ2n) is 12.5. The first-order chi connectivity index (χ1) is 14.8. The van der Waals surface area contributed by atoms with Gasteiger partial charge in [-0.25, -0.2) is 9.98 Å². The molecule has 0 bridgehead atoms. The van der Waals surface area contributed by atoms with Crippen LogP contribution in [0.4, 0.5) is 0 Å². The maximum absolute atomic E-state index is 7.11. The van der Waals surface area contributed by atoms with Crippen molar-refractivity contribution in [2.24, 2.45) is 15.9 Å². The first-order valence-electron chi connectivity index (χ1n) is 12.6. The van der Waals surface area contributed by atoms with Gasteiger partial charge >= 0.3 is 0 Å². The maximum atomic E-state index is 7.11. The van der Waals surface area contributed by atoms with Gasteiger partial charge in [-0.05, 0) is 56.0 Å². The standard InChI is InChI=1S/C25H52N2O4Si2/c1-15-28-20-17-26-22(29-16-2)25(27-20,18-30-32(11,12)23(5,6)7)21(19(3)4)31-33(13,14)24(8,9)10/h19,21H,15-18H2,1-14H3/t21-,25-/m1/s1. The molecule has 1 heterocycles. The summed E-state index contributed by atoms with van der Waals surface area (Å²) < 4.78 is 26.0. The van der Waals surface area contributed by atoms with E-state index >= 15 is 0 Å². The second-order valence-corrected chi connectivity index (χ2v) is 22.1.